The van der Waals surface area contributed by atoms with Gasteiger partial charge in [0.15, 0.2) is 5.58 Å². The maximum absolute atomic E-state index is 6.06. The number of rotatable bonds is 2. The number of hydrogen-bond donors (Lipinski definition) is 1. The van der Waals surface area contributed by atoms with Crippen molar-refractivity contribution in [3.05, 3.63) is 28.6 Å². The summed E-state index contributed by atoms with van der Waals surface area (Å²) in [5.74, 6) is 1.19. The van der Waals surface area contributed by atoms with Crippen LogP contribution < -0.4 is 5.73 Å². The van der Waals surface area contributed by atoms with Gasteiger partial charge in [-0.3, -0.25) is 0 Å². The standard InChI is InChI=1S/C12H13ClN2O/c1-6-4-8(13)5-9-11(6)16-12(15-9)10(14)7-2-3-7/h4-5,7,10H,2-3,14H2,1H3. The van der Waals surface area contributed by atoms with Crippen molar-refractivity contribution in [2.24, 2.45) is 11.7 Å². The summed E-state index contributed by atoms with van der Waals surface area (Å²) in [5, 5.41) is 0.685. The van der Waals surface area contributed by atoms with Gasteiger partial charge in [0.2, 0.25) is 5.89 Å². The van der Waals surface area contributed by atoms with Crippen molar-refractivity contribution in [2.45, 2.75) is 25.8 Å². The number of hydrogen-bond acceptors (Lipinski definition) is 3. The highest BCUT2D eigenvalue weighted by Crippen LogP contribution is 2.40. The minimum atomic E-state index is -0.0643. The van der Waals surface area contributed by atoms with E-state index in [9.17, 15) is 0 Å². The Balaban J connectivity index is 2.11. The second-order valence-corrected chi connectivity index (χ2v) is 4.92. The van der Waals surface area contributed by atoms with Crippen LogP contribution in [0.15, 0.2) is 16.5 Å². The molecule has 0 aliphatic heterocycles. The van der Waals surface area contributed by atoms with Crippen molar-refractivity contribution in [2.75, 3.05) is 0 Å². The summed E-state index contributed by atoms with van der Waals surface area (Å²) in [7, 11) is 0. The minimum Gasteiger partial charge on any atom is -0.439 e. The molecule has 1 aromatic heterocycles. The lowest BCUT2D eigenvalue weighted by atomic mass is 10.2. The second kappa shape index (κ2) is 3.47. The maximum Gasteiger partial charge on any atom is 0.212 e. The first-order valence-electron chi connectivity index (χ1n) is 5.47. The summed E-state index contributed by atoms with van der Waals surface area (Å²) < 4.78 is 5.72. The molecule has 84 valence electrons. The molecule has 2 aromatic rings. The van der Waals surface area contributed by atoms with Gasteiger partial charge in [0.25, 0.3) is 0 Å². The lowest BCUT2D eigenvalue weighted by molar-refractivity contribution is 0.447. The number of nitrogens with two attached hydrogens (primary N) is 1. The summed E-state index contributed by atoms with van der Waals surface area (Å²) in [4.78, 5) is 4.42. The van der Waals surface area contributed by atoms with Crippen molar-refractivity contribution in [3.63, 3.8) is 0 Å². The van der Waals surface area contributed by atoms with Gasteiger partial charge in [-0.2, -0.15) is 0 Å². The van der Waals surface area contributed by atoms with Crippen LogP contribution in [-0.2, 0) is 0 Å². The van der Waals surface area contributed by atoms with Gasteiger partial charge in [0.05, 0.1) is 6.04 Å². The van der Waals surface area contributed by atoms with Crippen LogP contribution in [0.1, 0.15) is 30.3 Å². The Bertz CT molecular complexity index is 545. The lowest BCUT2D eigenvalue weighted by Gasteiger charge is -2.02. The van der Waals surface area contributed by atoms with Gasteiger partial charge in [-0.1, -0.05) is 11.6 Å². The molecule has 16 heavy (non-hydrogen) atoms. The first-order valence-corrected chi connectivity index (χ1v) is 5.85. The number of nitrogens with zero attached hydrogens (tertiary/aromatic N) is 1. The van der Waals surface area contributed by atoms with E-state index in [-0.39, 0.29) is 6.04 Å². The third-order valence-corrected chi connectivity index (χ3v) is 3.29. The molecule has 1 heterocycles. The van der Waals surface area contributed by atoms with Gasteiger partial charge in [0, 0.05) is 5.02 Å². The van der Waals surface area contributed by atoms with Crippen LogP contribution in [-0.4, -0.2) is 4.98 Å². The molecule has 1 saturated carbocycles. The predicted octanol–water partition coefficient (Wildman–Crippen LogP) is 3.20. The molecule has 0 radical (unpaired) electrons. The molecule has 1 unspecified atom stereocenters. The largest absolute Gasteiger partial charge is 0.439 e. The molecular weight excluding hydrogens is 224 g/mol. The van der Waals surface area contributed by atoms with Gasteiger partial charge in [-0.15, -0.1) is 0 Å². The predicted molar refractivity (Wildman–Crippen MR) is 63.4 cm³/mol. The van der Waals surface area contributed by atoms with Gasteiger partial charge in [-0.05, 0) is 43.4 Å². The van der Waals surface area contributed by atoms with Crippen LogP contribution in [0.2, 0.25) is 5.02 Å². The highest BCUT2D eigenvalue weighted by molar-refractivity contribution is 6.31. The normalized spacial score (nSPS) is 17.9. The third-order valence-electron chi connectivity index (χ3n) is 3.07. The van der Waals surface area contributed by atoms with E-state index >= 15 is 0 Å². The quantitative estimate of drug-likeness (QED) is 0.871. The lowest BCUT2D eigenvalue weighted by Crippen LogP contribution is -2.12. The Morgan fingerprint density at radius 1 is 1.50 bits per heavy atom. The average Bonchev–Trinajstić information content (AvgIpc) is 2.97. The van der Waals surface area contributed by atoms with Gasteiger partial charge < -0.3 is 10.2 Å². The second-order valence-electron chi connectivity index (χ2n) is 4.49. The van der Waals surface area contributed by atoms with Crippen LogP contribution >= 0.6 is 11.6 Å². The molecule has 2 N–H and O–H groups in total. The highest BCUT2D eigenvalue weighted by Gasteiger charge is 2.32. The molecule has 1 fully saturated rings. The number of halogens is 1. The fraction of sp³-hybridized carbons (Fsp3) is 0.417. The molecule has 1 aromatic carbocycles. The van der Waals surface area contributed by atoms with Crippen LogP contribution in [0.3, 0.4) is 0 Å². The van der Waals surface area contributed by atoms with E-state index in [2.05, 4.69) is 4.98 Å². The van der Waals surface area contributed by atoms with Crippen molar-refractivity contribution in [1.29, 1.82) is 0 Å². The first-order chi connectivity index (χ1) is 7.65. The van der Waals surface area contributed by atoms with Crippen LogP contribution in [0.4, 0.5) is 0 Å². The number of fused-ring (bicyclic) bond motifs is 1. The Morgan fingerprint density at radius 3 is 2.94 bits per heavy atom. The van der Waals surface area contributed by atoms with Gasteiger partial charge >= 0.3 is 0 Å². The summed E-state index contributed by atoms with van der Waals surface area (Å²) in [5.41, 5.74) is 8.67. The minimum absolute atomic E-state index is 0.0643. The Labute approximate surface area is 98.6 Å². The Hall–Kier alpha value is -1.06. The molecular formula is C12H13ClN2O. The van der Waals surface area contributed by atoms with Crippen molar-refractivity contribution < 1.29 is 4.42 Å². The number of aromatic nitrogens is 1. The molecule has 3 nitrogen and oxygen atoms in total. The van der Waals surface area contributed by atoms with Gasteiger partial charge in [-0.25, -0.2) is 4.98 Å². The van der Waals surface area contributed by atoms with E-state index in [0.29, 0.717) is 16.8 Å². The van der Waals surface area contributed by atoms with Crippen molar-refractivity contribution in [1.82, 2.24) is 4.98 Å². The summed E-state index contributed by atoms with van der Waals surface area (Å²) in [6.45, 7) is 1.96. The van der Waals surface area contributed by atoms with E-state index in [4.69, 9.17) is 21.8 Å². The molecule has 3 rings (SSSR count). The van der Waals surface area contributed by atoms with Crippen LogP contribution in [0.5, 0.6) is 0 Å². The zero-order valence-corrected chi connectivity index (χ0v) is 9.79. The van der Waals surface area contributed by atoms with E-state index in [1.807, 2.05) is 19.1 Å². The van der Waals surface area contributed by atoms with E-state index < -0.39 is 0 Å². The molecule has 1 atom stereocenters. The monoisotopic (exact) mass is 236 g/mol. The first kappa shape index (κ1) is 10.1. The summed E-state index contributed by atoms with van der Waals surface area (Å²) >= 11 is 5.97. The number of aryl methyl sites for hydroxylation is 1. The van der Waals surface area contributed by atoms with E-state index in [1.54, 1.807) is 0 Å². The van der Waals surface area contributed by atoms with Crippen molar-refractivity contribution in [3.8, 4) is 0 Å². The molecule has 1 aliphatic carbocycles. The number of benzene rings is 1. The molecule has 0 bridgehead atoms. The fourth-order valence-electron chi connectivity index (χ4n) is 1.97. The van der Waals surface area contributed by atoms with E-state index in [1.165, 1.54) is 12.8 Å². The van der Waals surface area contributed by atoms with Crippen LogP contribution in [0, 0.1) is 12.8 Å². The maximum atomic E-state index is 6.06. The Morgan fingerprint density at radius 2 is 2.25 bits per heavy atom. The molecule has 0 amide bonds. The molecule has 4 heteroatoms. The van der Waals surface area contributed by atoms with Crippen molar-refractivity contribution >= 4 is 22.7 Å². The summed E-state index contributed by atoms with van der Waals surface area (Å²) in [6, 6.07) is 3.63. The zero-order valence-electron chi connectivity index (χ0n) is 9.03. The Kier molecular flexibility index (Phi) is 2.19. The SMILES string of the molecule is Cc1cc(Cl)cc2nc(C(N)C3CC3)oc12. The number of oxazole rings is 1. The molecule has 1 aliphatic rings. The van der Waals surface area contributed by atoms with Crippen LogP contribution in [0.25, 0.3) is 11.1 Å². The van der Waals surface area contributed by atoms with Gasteiger partial charge in [0.1, 0.15) is 5.52 Å². The fourth-order valence-corrected chi connectivity index (χ4v) is 2.24. The topological polar surface area (TPSA) is 52.0 Å². The molecule has 0 spiro atoms. The van der Waals surface area contributed by atoms with E-state index in [0.717, 1.165) is 16.7 Å². The zero-order chi connectivity index (χ0) is 11.3. The highest BCUT2D eigenvalue weighted by atomic mass is 35.5. The smallest absolute Gasteiger partial charge is 0.212 e. The average molecular weight is 237 g/mol. The summed E-state index contributed by atoms with van der Waals surface area (Å²) in [6.07, 6.45) is 2.36. The third kappa shape index (κ3) is 1.60. The molecule has 0 saturated heterocycles.